The molecule has 5 N–H and O–H groups in total. The molecular weight excluding hydrogens is 168 g/mol. The van der Waals surface area contributed by atoms with Crippen LogP contribution in [0.15, 0.2) is 0 Å². The molecule has 0 spiro atoms. The molecule has 0 rings (SSSR count). The summed E-state index contributed by atoms with van der Waals surface area (Å²) < 4.78 is 19.9. The zero-order chi connectivity index (χ0) is 7.65. The first-order valence-corrected chi connectivity index (χ1v) is 4.78. The Morgan fingerprint density at radius 1 is 1.56 bits per heavy atom. The quantitative estimate of drug-likeness (QED) is 0.404. The van der Waals surface area contributed by atoms with E-state index < -0.39 is 21.1 Å². The Kier molecular flexibility index (Phi) is 2.89. The van der Waals surface area contributed by atoms with Gasteiger partial charge in [-0.3, -0.25) is 10.3 Å². The fourth-order valence-corrected chi connectivity index (χ4v) is 1.16. The van der Waals surface area contributed by atoms with Crippen molar-refractivity contribution >= 4 is 15.6 Å². The minimum atomic E-state index is -4.57. The van der Waals surface area contributed by atoms with Gasteiger partial charge in [0.2, 0.25) is 0 Å². The third-order valence-corrected chi connectivity index (χ3v) is 3.21. The Hall–Kier alpha value is 0.170. The standard InChI is InChI=1S/CH5NO5P2/c2-1(8(3)4)9(5,6)7/h1H,2H2,(H2-,3,4,5,6,7)/p+1. The lowest BCUT2D eigenvalue weighted by Crippen LogP contribution is -2.14. The van der Waals surface area contributed by atoms with Gasteiger partial charge < -0.3 is 9.79 Å². The molecule has 0 heterocycles. The summed E-state index contributed by atoms with van der Waals surface area (Å²) >= 11 is 0. The van der Waals surface area contributed by atoms with Crippen molar-refractivity contribution in [3.05, 3.63) is 0 Å². The zero-order valence-corrected chi connectivity index (χ0v) is 6.00. The molecule has 0 saturated carbocycles. The zero-order valence-electron chi connectivity index (χ0n) is 4.21. The molecule has 0 radical (unpaired) electrons. The van der Waals surface area contributed by atoms with E-state index in [0.29, 0.717) is 0 Å². The van der Waals surface area contributed by atoms with Crippen LogP contribution in [0, 0.1) is 0 Å². The molecule has 0 bridgehead atoms. The highest BCUT2D eigenvalue weighted by atomic mass is 31.2. The number of hydrogen-bond donors (Lipinski definition) is 4. The summed E-state index contributed by atoms with van der Waals surface area (Å²) in [5.41, 5.74) is 2.65. The summed E-state index contributed by atoms with van der Waals surface area (Å²) in [4.78, 5) is 24.2. The largest absolute Gasteiger partial charge is 0.537 e. The summed E-state index contributed by atoms with van der Waals surface area (Å²) in [5, 5.41) is 0. The molecular formula is CH6NO5P2+. The Morgan fingerprint density at radius 2 is 1.89 bits per heavy atom. The minimum absolute atomic E-state index is 1.95. The van der Waals surface area contributed by atoms with Gasteiger partial charge in [-0.1, -0.05) is 0 Å². The third kappa shape index (κ3) is 3.01. The van der Waals surface area contributed by atoms with Gasteiger partial charge in [0.25, 0.3) is 0 Å². The summed E-state index contributed by atoms with van der Waals surface area (Å²) in [7, 11) is -7.55. The second kappa shape index (κ2) is 2.84. The molecule has 0 aromatic carbocycles. The second-order valence-corrected chi connectivity index (χ2v) is 4.61. The van der Waals surface area contributed by atoms with Gasteiger partial charge >= 0.3 is 21.1 Å². The molecule has 0 saturated heterocycles. The molecule has 0 aliphatic heterocycles. The van der Waals surface area contributed by atoms with Crippen LogP contribution in [0.2, 0.25) is 0 Å². The van der Waals surface area contributed by atoms with Crippen LogP contribution < -0.4 is 5.73 Å². The summed E-state index contributed by atoms with van der Waals surface area (Å²) in [6, 6.07) is 0. The van der Waals surface area contributed by atoms with Gasteiger partial charge in [0.05, 0.1) is 0 Å². The van der Waals surface area contributed by atoms with Crippen LogP contribution in [0.3, 0.4) is 0 Å². The normalized spacial score (nSPS) is 17.1. The molecule has 8 heteroatoms. The average molecular weight is 174 g/mol. The van der Waals surface area contributed by atoms with Crippen LogP contribution in [-0.2, 0) is 9.13 Å². The molecule has 0 fully saturated rings. The third-order valence-electron chi connectivity index (χ3n) is 0.571. The first-order chi connectivity index (χ1) is 3.85. The van der Waals surface area contributed by atoms with Crippen molar-refractivity contribution in [2.75, 3.05) is 0 Å². The number of nitrogens with two attached hydrogens (primary N) is 1. The molecule has 2 atom stereocenters. The molecule has 2 unspecified atom stereocenters. The first-order valence-electron chi connectivity index (χ1n) is 1.81. The fourth-order valence-electron chi connectivity index (χ4n) is 0.129. The van der Waals surface area contributed by atoms with E-state index in [1.807, 2.05) is 0 Å². The Bertz CT molecular complexity index is 160. The number of hydrogen-bond acceptors (Lipinski definition) is 3. The highest BCUT2D eigenvalue weighted by Crippen LogP contribution is 2.48. The maximum atomic E-state index is 10.00. The molecule has 0 aromatic rings. The topological polar surface area (TPSA) is 121 Å². The lowest BCUT2D eigenvalue weighted by Gasteiger charge is -1.98. The lowest BCUT2D eigenvalue weighted by atomic mass is 11.5. The van der Waals surface area contributed by atoms with Gasteiger partial charge in [0, 0.05) is 0 Å². The smallest absolute Gasteiger partial charge is 0.320 e. The van der Waals surface area contributed by atoms with Gasteiger partial charge in [-0.2, -0.15) is 4.89 Å². The monoisotopic (exact) mass is 174 g/mol. The van der Waals surface area contributed by atoms with Crippen molar-refractivity contribution in [2.24, 2.45) is 5.73 Å². The predicted molar refractivity (Wildman–Crippen MR) is 29.8 cm³/mol. The van der Waals surface area contributed by atoms with E-state index in [-0.39, 0.29) is 0 Å². The van der Waals surface area contributed by atoms with E-state index in [0.717, 1.165) is 0 Å². The van der Waals surface area contributed by atoms with Crippen molar-refractivity contribution in [1.29, 1.82) is 0 Å². The van der Waals surface area contributed by atoms with Gasteiger partial charge in [-0.15, -0.1) is 0 Å². The summed E-state index contributed by atoms with van der Waals surface area (Å²) in [6.45, 7) is 0. The highest BCUT2D eigenvalue weighted by molar-refractivity contribution is 7.65. The van der Waals surface area contributed by atoms with Gasteiger partial charge in [0.1, 0.15) is 0 Å². The van der Waals surface area contributed by atoms with Crippen molar-refractivity contribution in [2.45, 2.75) is 5.52 Å². The van der Waals surface area contributed by atoms with Gasteiger partial charge in [-0.05, 0) is 4.57 Å². The molecule has 0 aromatic heterocycles. The van der Waals surface area contributed by atoms with E-state index in [9.17, 15) is 9.13 Å². The maximum absolute atomic E-state index is 10.00. The van der Waals surface area contributed by atoms with Crippen molar-refractivity contribution in [3.8, 4) is 0 Å². The molecule has 9 heavy (non-hydrogen) atoms. The summed E-state index contributed by atoms with van der Waals surface area (Å²) in [6.07, 6.45) is 0. The Balaban J connectivity index is 4.23. The van der Waals surface area contributed by atoms with Crippen LogP contribution in [-0.4, -0.2) is 20.2 Å². The minimum Gasteiger partial charge on any atom is -0.320 e. The van der Waals surface area contributed by atoms with Crippen molar-refractivity contribution in [3.63, 3.8) is 0 Å². The fraction of sp³-hybridized carbons (Fsp3) is 1.00. The van der Waals surface area contributed by atoms with Crippen LogP contribution in [0.4, 0.5) is 0 Å². The predicted octanol–water partition coefficient (Wildman–Crippen LogP) is -0.859. The van der Waals surface area contributed by atoms with E-state index >= 15 is 0 Å². The van der Waals surface area contributed by atoms with Crippen LogP contribution >= 0.6 is 15.6 Å². The Labute approximate surface area is 51.7 Å². The molecule has 0 amide bonds. The van der Waals surface area contributed by atoms with Crippen LogP contribution in [0.1, 0.15) is 0 Å². The van der Waals surface area contributed by atoms with Gasteiger partial charge in [-0.25, -0.2) is 0 Å². The van der Waals surface area contributed by atoms with Crippen LogP contribution in [0.25, 0.3) is 0 Å². The number of rotatable bonds is 2. The maximum Gasteiger partial charge on any atom is 0.537 e. The molecule has 0 aliphatic carbocycles. The molecule has 54 valence electrons. The van der Waals surface area contributed by atoms with E-state index in [2.05, 4.69) is 5.73 Å². The van der Waals surface area contributed by atoms with E-state index in [1.54, 1.807) is 0 Å². The van der Waals surface area contributed by atoms with Crippen molar-refractivity contribution in [1.82, 2.24) is 0 Å². The second-order valence-electron chi connectivity index (χ2n) is 1.31. The lowest BCUT2D eigenvalue weighted by molar-refractivity contribution is 0.366. The van der Waals surface area contributed by atoms with Gasteiger partial charge in [0.15, 0.2) is 0 Å². The average Bonchev–Trinajstić information content (AvgIpc) is 1.62. The first kappa shape index (κ1) is 9.17. The highest BCUT2D eigenvalue weighted by Gasteiger charge is 2.41. The Morgan fingerprint density at radius 3 is 1.89 bits per heavy atom. The summed E-state index contributed by atoms with van der Waals surface area (Å²) in [5.74, 6) is 0. The molecule has 6 nitrogen and oxygen atoms in total. The SMILES string of the molecule is NC([P+](=O)O)P(=O)(O)O. The van der Waals surface area contributed by atoms with Crippen LogP contribution in [0.5, 0.6) is 0 Å². The van der Waals surface area contributed by atoms with Crippen molar-refractivity contribution < 1.29 is 23.8 Å². The van der Waals surface area contributed by atoms with E-state index in [1.165, 1.54) is 0 Å². The molecule has 0 aliphatic rings. The van der Waals surface area contributed by atoms with E-state index in [4.69, 9.17) is 14.7 Å².